The number of rotatable bonds is 2. The first-order valence-corrected chi connectivity index (χ1v) is 4.47. The number of halogens is 1. The molecule has 0 saturated carbocycles. The maximum absolute atomic E-state index is 8.06. The standard InChI is InChI=1S/C5H5BrN4S/c1-3-4(2-8-10-7)11-5(6)9-3/h2H2,1H3. The minimum Gasteiger partial charge on any atom is -0.234 e. The molecule has 1 aromatic heterocycles. The lowest BCUT2D eigenvalue weighted by atomic mass is 10.4. The SMILES string of the molecule is Cc1nc(Br)sc1CN=[N+]=[N-]. The van der Waals surface area contributed by atoms with E-state index in [1.165, 1.54) is 11.3 Å². The van der Waals surface area contributed by atoms with Crippen LogP contribution in [0, 0.1) is 6.92 Å². The third-order valence-corrected chi connectivity index (χ3v) is 2.74. The van der Waals surface area contributed by atoms with Crippen molar-refractivity contribution in [2.24, 2.45) is 5.11 Å². The van der Waals surface area contributed by atoms with E-state index in [1.807, 2.05) is 6.92 Å². The summed E-state index contributed by atoms with van der Waals surface area (Å²) < 4.78 is 0.832. The number of nitrogens with zero attached hydrogens (tertiary/aromatic N) is 4. The van der Waals surface area contributed by atoms with Crippen molar-refractivity contribution in [3.8, 4) is 0 Å². The number of hydrogen-bond donors (Lipinski definition) is 0. The summed E-state index contributed by atoms with van der Waals surface area (Å²) in [6.07, 6.45) is 0. The van der Waals surface area contributed by atoms with Gasteiger partial charge in [-0.25, -0.2) is 4.98 Å². The Morgan fingerprint density at radius 1 is 1.82 bits per heavy atom. The Balaban J connectivity index is 2.85. The molecule has 1 rings (SSSR count). The summed E-state index contributed by atoms with van der Waals surface area (Å²) in [6.45, 7) is 2.29. The van der Waals surface area contributed by atoms with Gasteiger partial charge in [0.25, 0.3) is 0 Å². The van der Waals surface area contributed by atoms with Gasteiger partial charge in [0.05, 0.1) is 12.2 Å². The highest BCUT2D eigenvalue weighted by atomic mass is 79.9. The lowest BCUT2D eigenvalue weighted by Crippen LogP contribution is -1.78. The van der Waals surface area contributed by atoms with Gasteiger partial charge in [0.15, 0.2) is 3.92 Å². The Bertz CT molecular complexity index is 301. The Morgan fingerprint density at radius 3 is 3.00 bits per heavy atom. The summed E-state index contributed by atoms with van der Waals surface area (Å²) in [6, 6.07) is 0. The maximum atomic E-state index is 8.06. The molecule has 1 aromatic rings. The fourth-order valence-corrected chi connectivity index (χ4v) is 2.19. The highest BCUT2D eigenvalue weighted by Gasteiger charge is 2.02. The van der Waals surface area contributed by atoms with Crippen molar-refractivity contribution in [2.45, 2.75) is 13.5 Å². The Labute approximate surface area is 76.0 Å². The Hall–Kier alpha value is -0.580. The minimum atomic E-state index is 0.394. The van der Waals surface area contributed by atoms with Gasteiger partial charge in [-0.1, -0.05) is 5.11 Å². The molecule has 0 aliphatic rings. The van der Waals surface area contributed by atoms with E-state index < -0.39 is 0 Å². The highest BCUT2D eigenvalue weighted by Crippen LogP contribution is 2.23. The first-order valence-electron chi connectivity index (χ1n) is 2.86. The lowest BCUT2D eigenvalue weighted by molar-refractivity contribution is 1.04. The zero-order valence-corrected chi connectivity index (χ0v) is 8.18. The average molecular weight is 233 g/mol. The largest absolute Gasteiger partial charge is 0.234 e. The van der Waals surface area contributed by atoms with Crippen LogP contribution in [0.1, 0.15) is 10.6 Å². The molecule has 6 heteroatoms. The van der Waals surface area contributed by atoms with Crippen molar-refractivity contribution in [2.75, 3.05) is 0 Å². The van der Waals surface area contributed by atoms with Crippen molar-refractivity contribution < 1.29 is 0 Å². The second-order valence-corrected chi connectivity index (χ2v) is 4.22. The average Bonchev–Trinajstić information content (AvgIpc) is 2.26. The number of aromatic nitrogens is 1. The topological polar surface area (TPSA) is 61.7 Å². The number of thiazole rings is 1. The molecule has 0 saturated heterocycles. The minimum absolute atomic E-state index is 0.394. The fraction of sp³-hybridized carbons (Fsp3) is 0.400. The maximum Gasteiger partial charge on any atom is 0.159 e. The van der Waals surface area contributed by atoms with Crippen LogP contribution in [-0.4, -0.2) is 4.98 Å². The smallest absolute Gasteiger partial charge is 0.159 e. The van der Waals surface area contributed by atoms with Crippen LogP contribution in [0.4, 0.5) is 0 Å². The van der Waals surface area contributed by atoms with Crippen molar-refractivity contribution in [3.05, 3.63) is 24.9 Å². The van der Waals surface area contributed by atoms with Crippen LogP contribution in [0.5, 0.6) is 0 Å². The van der Waals surface area contributed by atoms with Crippen LogP contribution in [0.3, 0.4) is 0 Å². The zero-order valence-electron chi connectivity index (χ0n) is 5.78. The van der Waals surface area contributed by atoms with E-state index in [2.05, 4.69) is 30.9 Å². The monoisotopic (exact) mass is 232 g/mol. The van der Waals surface area contributed by atoms with Gasteiger partial charge in [-0.2, -0.15) is 0 Å². The van der Waals surface area contributed by atoms with E-state index in [0.29, 0.717) is 6.54 Å². The van der Waals surface area contributed by atoms with E-state index in [4.69, 9.17) is 5.53 Å². The van der Waals surface area contributed by atoms with E-state index in [-0.39, 0.29) is 0 Å². The van der Waals surface area contributed by atoms with Gasteiger partial charge in [0.1, 0.15) is 0 Å². The molecule has 1 heterocycles. The molecule has 0 unspecified atom stereocenters. The number of aryl methyl sites for hydroxylation is 1. The molecule has 11 heavy (non-hydrogen) atoms. The first-order chi connectivity index (χ1) is 5.24. The summed E-state index contributed by atoms with van der Waals surface area (Å²) in [7, 11) is 0. The van der Waals surface area contributed by atoms with Gasteiger partial charge >= 0.3 is 0 Å². The van der Waals surface area contributed by atoms with Crippen molar-refractivity contribution >= 4 is 27.3 Å². The zero-order chi connectivity index (χ0) is 8.27. The van der Waals surface area contributed by atoms with E-state index in [9.17, 15) is 0 Å². The molecular formula is C5H5BrN4S. The molecule has 0 aliphatic heterocycles. The van der Waals surface area contributed by atoms with Crippen LogP contribution < -0.4 is 0 Å². The summed E-state index contributed by atoms with van der Waals surface area (Å²) in [5.41, 5.74) is 8.98. The van der Waals surface area contributed by atoms with Gasteiger partial charge in [-0.3, -0.25) is 0 Å². The predicted octanol–water partition coefficient (Wildman–Crippen LogP) is 3.02. The van der Waals surface area contributed by atoms with Crippen LogP contribution in [0.15, 0.2) is 9.03 Å². The molecule has 0 radical (unpaired) electrons. The molecular weight excluding hydrogens is 228 g/mol. The summed E-state index contributed by atoms with van der Waals surface area (Å²) in [5, 5.41) is 3.45. The fourth-order valence-electron chi connectivity index (χ4n) is 0.635. The van der Waals surface area contributed by atoms with Crippen LogP contribution >= 0.6 is 27.3 Å². The third-order valence-electron chi connectivity index (χ3n) is 1.14. The quantitative estimate of drug-likeness (QED) is 0.440. The molecule has 0 atom stereocenters. The van der Waals surface area contributed by atoms with Gasteiger partial charge < -0.3 is 0 Å². The van der Waals surface area contributed by atoms with Gasteiger partial charge in [0.2, 0.25) is 0 Å². The molecule has 0 spiro atoms. The van der Waals surface area contributed by atoms with Crippen molar-refractivity contribution in [3.63, 3.8) is 0 Å². The third kappa shape index (κ3) is 2.18. The van der Waals surface area contributed by atoms with Crippen LogP contribution in [0.25, 0.3) is 10.4 Å². The predicted molar refractivity (Wildman–Crippen MR) is 47.4 cm³/mol. The normalized spacial score (nSPS) is 9.27. The molecule has 4 nitrogen and oxygen atoms in total. The van der Waals surface area contributed by atoms with Gasteiger partial charge in [-0.05, 0) is 28.4 Å². The second kappa shape index (κ2) is 3.71. The van der Waals surface area contributed by atoms with Gasteiger partial charge in [0, 0.05) is 9.79 Å². The van der Waals surface area contributed by atoms with E-state index in [0.717, 1.165) is 14.5 Å². The second-order valence-electron chi connectivity index (χ2n) is 1.86. The molecule has 0 aliphatic carbocycles. The van der Waals surface area contributed by atoms with Crippen LogP contribution in [-0.2, 0) is 6.54 Å². The lowest BCUT2D eigenvalue weighted by Gasteiger charge is -1.86. The van der Waals surface area contributed by atoms with Crippen LogP contribution in [0.2, 0.25) is 0 Å². The van der Waals surface area contributed by atoms with Gasteiger partial charge in [-0.15, -0.1) is 11.3 Å². The van der Waals surface area contributed by atoms with Crippen molar-refractivity contribution in [1.29, 1.82) is 0 Å². The molecule has 0 fully saturated rings. The molecule has 0 bridgehead atoms. The number of hydrogen-bond acceptors (Lipinski definition) is 3. The van der Waals surface area contributed by atoms with Crippen molar-refractivity contribution in [1.82, 2.24) is 4.98 Å². The highest BCUT2D eigenvalue weighted by molar-refractivity contribution is 9.11. The van der Waals surface area contributed by atoms with E-state index >= 15 is 0 Å². The molecule has 0 N–H and O–H groups in total. The number of azide groups is 1. The summed E-state index contributed by atoms with van der Waals surface area (Å²) >= 11 is 4.74. The molecule has 0 amide bonds. The first kappa shape index (κ1) is 8.52. The summed E-state index contributed by atoms with van der Waals surface area (Å²) in [4.78, 5) is 7.79. The Kier molecular flexibility index (Phi) is 2.87. The van der Waals surface area contributed by atoms with E-state index in [1.54, 1.807) is 0 Å². The Morgan fingerprint density at radius 2 is 2.55 bits per heavy atom. The molecule has 58 valence electrons. The summed E-state index contributed by atoms with van der Waals surface area (Å²) in [5.74, 6) is 0. The molecule has 0 aromatic carbocycles.